The van der Waals surface area contributed by atoms with Crippen molar-refractivity contribution in [1.82, 2.24) is 15.0 Å². The quantitative estimate of drug-likeness (QED) is 0.261. The van der Waals surface area contributed by atoms with Crippen LogP contribution in [-0.2, 0) is 11.3 Å². The molecule has 180 valence electrons. The predicted molar refractivity (Wildman–Crippen MR) is 129 cm³/mol. The van der Waals surface area contributed by atoms with Crippen molar-refractivity contribution in [3.8, 4) is 45.7 Å². The normalized spacial score (nSPS) is 10.6. The molecule has 4 N–H and O–H groups in total. The van der Waals surface area contributed by atoms with Crippen LogP contribution in [0.2, 0.25) is 0 Å². The van der Waals surface area contributed by atoms with E-state index in [9.17, 15) is 24.7 Å². The number of nitrogens with zero attached hydrogens (tertiary/aromatic N) is 4. The Bertz CT molecular complexity index is 1490. The highest BCUT2D eigenvalue weighted by molar-refractivity contribution is 6.01. The predicted octanol–water partition coefficient (Wildman–Crippen LogP) is 3.44. The van der Waals surface area contributed by atoms with Crippen LogP contribution in [0.5, 0.6) is 11.5 Å². The number of para-hydroxylation sites is 1. The second-order valence-electron chi connectivity index (χ2n) is 7.58. The van der Waals surface area contributed by atoms with E-state index in [2.05, 4.69) is 20.1 Å². The molecular formula is C25H19N5O6. The number of carbonyl (C=O) groups is 2. The van der Waals surface area contributed by atoms with Crippen molar-refractivity contribution in [2.75, 3.05) is 7.11 Å². The topological polar surface area (TPSA) is 178 Å². The number of phenolic OH excluding ortho intramolecular Hbond substituents is 2. The van der Waals surface area contributed by atoms with Crippen molar-refractivity contribution >= 4 is 11.9 Å². The maximum absolute atomic E-state index is 12.2. The zero-order chi connectivity index (χ0) is 25.8. The van der Waals surface area contributed by atoms with Crippen LogP contribution in [0.25, 0.3) is 34.2 Å². The number of nitroso groups, excluding NO2 is 1. The van der Waals surface area contributed by atoms with E-state index in [1.54, 1.807) is 30.3 Å². The lowest BCUT2D eigenvalue weighted by Gasteiger charge is -2.13. The monoisotopic (exact) mass is 485 g/mol. The summed E-state index contributed by atoms with van der Waals surface area (Å²) in [5, 5.41) is 23.9. The maximum atomic E-state index is 12.2. The number of primary amides is 1. The van der Waals surface area contributed by atoms with Crippen LogP contribution >= 0.6 is 0 Å². The van der Waals surface area contributed by atoms with Gasteiger partial charge >= 0.3 is 5.97 Å². The summed E-state index contributed by atoms with van der Waals surface area (Å²) in [7, 11) is 1.27. The minimum atomic E-state index is -0.887. The molecule has 1 heterocycles. The van der Waals surface area contributed by atoms with Crippen LogP contribution in [0.4, 0.5) is 0 Å². The number of benzene rings is 3. The molecule has 0 radical (unpaired) electrons. The van der Waals surface area contributed by atoms with Crippen molar-refractivity contribution in [2.24, 2.45) is 10.9 Å². The van der Waals surface area contributed by atoms with Crippen LogP contribution in [0.15, 0.2) is 65.8 Å². The molecule has 4 rings (SSSR count). The van der Waals surface area contributed by atoms with Crippen molar-refractivity contribution in [3.63, 3.8) is 0 Å². The Balaban J connectivity index is 1.97. The number of rotatable bonds is 7. The fraction of sp³-hybridized carbons (Fsp3) is 0.0800. The first kappa shape index (κ1) is 24.0. The number of aromatic hydroxyl groups is 2. The second kappa shape index (κ2) is 9.97. The van der Waals surface area contributed by atoms with Gasteiger partial charge in [0.25, 0.3) is 0 Å². The molecule has 36 heavy (non-hydrogen) atoms. The fourth-order valence-electron chi connectivity index (χ4n) is 3.55. The highest BCUT2D eigenvalue weighted by atomic mass is 16.5. The number of carbonyl (C=O) groups excluding carboxylic acids is 2. The molecule has 0 saturated carbocycles. The summed E-state index contributed by atoms with van der Waals surface area (Å²) in [4.78, 5) is 48.0. The standard InChI is InChI=1S/C25H19N5O6/c1-36-25(34)15-8-6-14(7-9-15)22-28-23(16-4-2-3-5-18(16)31)30-24(29-22)20-17(21(26)33)10-13(12-27-35)11-19(20)32/h2-11,31-32H,12H2,1H3,(H2,26,33). The van der Waals surface area contributed by atoms with E-state index in [0.29, 0.717) is 11.1 Å². The maximum Gasteiger partial charge on any atom is 0.337 e. The molecule has 0 saturated heterocycles. The van der Waals surface area contributed by atoms with Gasteiger partial charge in [-0.2, -0.15) is 4.91 Å². The van der Waals surface area contributed by atoms with E-state index in [1.807, 2.05) is 0 Å². The largest absolute Gasteiger partial charge is 0.507 e. The molecule has 0 unspecified atom stereocenters. The smallest absolute Gasteiger partial charge is 0.337 e. The van der Waals surface area contributed by atoms with Gasteiger partial charge in [0.05, 0.1) is 29.4 Å². The zero-order valence-corrected chi connectivity index (χ0v) is 18.9. The summed E-state index contributed by atoms with van der Waals surface area (Å²) >= 11 is 0. The Kier molecular flexibility index (Phi) is 6.63. The lowest BCUT2D eigenvalue weighted by Crippen LogP contribution is -2.14. The first-order valence-electron chi connectivity index (χ1n) is 10.5. The van der Waals surface area contributed by atoms with Gasteiger partial charge in [0.2, 0.25) is 5.91 Å². The number of hydrogen-bond acceptors (Lipinski definition) is 10. The molecule has 4 aromatic rings. The zero-order valence-electron chi connectivity index (χ0n) is 18.9. The van der Waals surface area contributed by atoms with Crippen molar-refractivity contribution < 1.29 is 24.5 Å². The second-order valence-corrected chi connectivity index (χ2v) is 7.58. The van der Waals surface area contributed by atoms with Crippen LogP contribution in [0, 0.1) is 4.91 Å². The average Bonchev–Trinajstić information content (AvgIpc) is 2.88. The van der Waals surface area contributed by atoms with Gasteiger partial charge in [0.15, 0.2) is 17.5 Å². The molecule has 0 bridgehead atoms. The van der Waals surface area contributed by atoms with Crippen molar-refractivity contribution in [2.45, 2.75) is 6.54 Å². The van der Waals surface area contributed by atoms with E-state index in [-0.39, 0.29) is 52.0 Å². The van der Waals surface area contributed by atoms with Crippen LogP contribution in [0.1, 0.15) is 26.3 Å². The molecule has 0 aliphatic rings. The third-order valence-corrected chi connectivity index (χ3v) is 5.26. The average molecular weight is 485 g/mol. The third kappa shape index (κ3) is 4.71. The summed E-state index contributed by atoms with van der Waals surface area (Å²) in [5.74, 6) is -1.83. The molecular weight excluding hydrogens is 466 g/mol. The molecule has 11 nitrogen and oxygen atoms in total. The number of hydrogen-bond donors (Lipinski definition) is 3. The van der Waals surface area contributed by atoms with E-state index in [1.165, 1.54) is 37.4 Å². The van der Waals surface area contributed by atoms with Crippen molar-refractivity contribution in [1.29, 1.82) is 0 Å². The van der Waals surface area contributed by atoms with Gasteiger partial charge in [-0.1, -0.05) is 29.4 Å². The van der Waals surface area contributed by atoms with Gasteiger partial charge in [0, 0.05) is 5.56 Å². The molecule has 1 aromatic heterocycles. The number of aromatic nitrogens is 3. The Hall–Kier alpha value is -5.19. The van der Waals surface area contributed by atoms with E-state index >= 15 is 0 Å². The van der Waals surface area contributed by atoms with Gasteiger partial charge in [0.1, 0.15) is 18.0 Å². The molecule has 3 aromatic carbocycles. The van der Waals surface area contributed by atoms with Gasteiger partial charge in [-0.15, -0.1) is 0 Å². The lowest BCUT2D eigenvalue weighted by atomic mass is 10.0. The Morgan fingerprint density at radius 3 is 2.22 bits per heavy atom. The summed E-state index contributed by atoms with van der Waals surface area (Å²) in [6.45, 7) is -0.285. The summed E-state index contributed by atoms with van der Waals surface area (Å²) in [6, 6.07) is 15.2. The minimum absolute atomic E-state index is 0.0543. The van der Waals surface area contributed by atoms with E-state index in [0.717, 1.165) is 0 Å². The van der Waals surface area contributed by atoms with Crippen LogP contribution in [-0.4, -0.2) is 44.2 Å². The number of esters is 1. The van der Waals surface area contributed by atoms with E-state index in [4.69, 9.17) is 10.5 Å². The minimum Gasteiger partial charge on any atom is -0.507 e. The molecule has 11 heteroatoms. The van der Waals surface area contributed by atoms with Crippen LogP contribution in [0.3, 0.4) is 0 Å². The fourth-order valence-corrected chi connectivity index (χ4v) is 3.55. The molecule has 0 aliphatic carbocycles. The summed E-state index contributed by atoms with van der Waals surface area (Å²) in [6.07, 6.45) is 0. The molecule has 0 atom stereocenters. The van der Waals surface area contributed by atoms with Gasteiger partial charge < -0.3 is 20.7 Å². The first-order chi connectivity index (χ1) is 17.3. The molecule has 0 aliphatic heterocycles. The SMILES string of the molecule is COC(=O)c1ccc(-c2nc(-c3ccccc3O)nc(-c3c(O)cc(CN=O)cc3C(N)=O)n2)cc1. The van der Waals surface area contributed by atoms with Gasteiger partial charge in [-0.05, 0) is 42.0 Å². The van der Waals surface area contributed by atoms with E-state index < -0.39 is 17.6 Å². The first-order valence-corrected chi connectivity index (χ1v) is 10.5. The number of phenols is 2. The highest BCUT2D eigenvalue weighted by Gasteiger charge is 2.22. The Labute approximate surface area is 204 Å². The van der Waals surface area contributed by atoms with Gasteiger partial charge in [-0.25, -0.2) is 19.7 Å². The number of nitrogens with two attached hydrogens (primary N) is 1. The summed E-state index contributed by atoms with van der Waals surface area (Å²) in [5.41, 5.74) is 6.68. The molecule has 1 amide bonds. The Morgan fingerprint density at radius 2 is 1.58 bits per heavy atom. The van der Waals surface area contributed by atoms with Crippen LogP contribution < -0.4 is 5.73 Å². The number of ether oxygens (including phenoxy) is 1. The molecule has 0 spiro atoms. The number of methoxy groups -OCH3 is 1. The van der Waals surface area contributed by atoms with Crippen molar-refractivity contribution in [3.05, 3.63) is 82.3 Å². The Morgan fingerprint density at radius 1 is 0.917 bits per heavy atom. The van der Waals surface area contributed by atoms with Gasteiger partial charge in [-0.3, -0.25) is 4.79 Å². The third-order valence-electron chi connectivity index (χ3n) is 5.26. The highest BCUT2D eigenvalue weighted by Crippen LogP contribution is 2.35. The lowest BCUT2D eigenvalue weighted by molar-refractivity contribution is 0.0600. The molecule has 0 fully saturated rings. The number of amides is 1. The summed E-state index contributed by atoms with van der Waals surface area (Å²) < 4.78 is 4.72.